The van der Waals surface area contributed by atoms with Crippen LogP contribution in [-0.4, -0.2) is 24.8 Å². The largest absolute Gasteiger partial charge is 0.388 e. The lowest BCUT2D eigenvalue weighted by molar-refractivity contribution is 0.174. The van der Waals surface area contributed by atoms with Crippen molar-refractivity contribution in [1.82, 2.24) is 19.7 Å². The van der Waals surface area contributed by atoms with Crippen LogP contribution in [0.15, 0.2) is 39.9 Å². The van der Waals surface area contributed by atoms with Crippen molar-refractivity contribution in [2.75, 3.05) is 0 Å². The van der Waals surface area contributed by atoms with E-state index in [0.29, 0.717) is 16.4 Å². The zero-order valence-electron chi connectivity index (χ0n) is 13.8. The van der Waals surface area contributed by atoms with Crippen LogP contribution in [0.5, 0.6) is 0 Å². The van der Waals surface area contributed by atoms with Crippen molar-refractivity contribution in [2.24, 2.45) is 0 Å². The Balaban J connectivity index is 1.72. The maximum atomic E-state index is 12.2. The molecule has 1 atom stereocenters. The quantitative estimate of drug-likeness (QED) is 0.726. The highest BCUT2D eigenvalue weighted by atomic mass is 35.5. The summed E-state index contributed by atoms with van der Waals surface area (Å²) in [6.07, 6.45) is 0.615. The zero-order valence-corrected chi connectivity index (χ0v) is 14.5. The van der Waals surface area contributed by atoms with E-state index in [1.807, 2.05) is 6.07 Å². The molecule has 1 N–H and O–H groups in total. The third-order valence-electron chi connectivity index (χ3n) is 3.82. The second-order valence-corrected chi connectivity index (χ2v) is 6.08. The first-order valence-electron chi connectivity index (χ1n) is 7.69. The Bertz CT molecular complexity index is 1020. The molecule has 0 radical (unpaired) electrons. The predicted molar refractivity (Wildman–Crippen MR) is 91.5 cm³/mol. The Morgan fingerprint density at radius 2 is 2.12 bits per heavy atom. The first kappa shape index (κ1) is 17.8. The summed E-state index contributed by atoms with van der Waals surface area (Å²) >= 11 is 5.83. The molecule has 2 heterocycles. The van der Waals surface area contributed by atoms with Gasteiger partial charge in [-0.2, -0.15) is 10.2 Å². The fraction of sp³-hybridized carbons (Fsp3) is 0.235. The predicted octanol–water partition coefficient (Wildman–Crippen LogP) is 1.78. The summed E-state index contributed by atoms with van der Waals surface area (Å²) in [5, 5.41) is 23.5. The van der Waals surface area contributed by atoms with Crippen LogP contribution in [-0.2, 0) is 13.0 Å². The number of aliphatic hydroxyl groups is 1. The number of nitrogens with zero attached hydrogens (tertiary/aromatic N) is 5. The summed E-state index contributed by atoms with van der Waals surface area (Å²) in [6.45, 7) is 1.56. The van der Waals surface area contributed by atoms with Crippen LogP contribution in [0.2, 0.25) is 5.02 Å². The summed E-state index contributed by atoms with van der Waals surface area (Å²) in [4.78, 5) is 20.3. The highest BCUT2D eigenvalue weighted by molar-refractivity contribution is 6.30. The van der Waals surface area contributed by atoms with Gasteiger partial charge in [0.25, 0.3) is 5.56 Å². The van der Waals surface area contributed by atoms with Crippen LogP contribution in [0.4, 0.5) is 0 Å². The Morgan fingerprint density at radius 3 is 2.81 bits per heavy atom. The first-order chi connectivity index (χ1) is 12.5. The average molecular weight is 372 g/mol. The van der Waals surface area contributed by atoms with Gasteiger partial charge in [0.1, 0.15) is 12.6 Å². The summed E-state index contributed by atoms with van der Waals surface area (Å²) < 4.78 is 6.41. The van der Waals surface area contributed by atoms with Crippen molar-refractivity contribution in [1.29, 1.82) is 5.26 Å². The lowest BCUT2D eigenvalue weighted by Crippen LogP contribution is -2.24. The van der Waals surface area contributed by atoms with E-state index < -0.39 is 6.10 Å². The fourth-order valence-corrected chi connectivity index (χ4v) is 2.50. The van der Waals surface area contributed by atoms with Crippen LogP contribution in [0, 0.1) is 18.3 Å². The Kier molecular flexibility index (Phi) is 5.11. The van der Waals surface area contributed by atoms with Crippen LogP contribution in [0.1, 0.15) is 34.6 Å². The van der Waals surface area contributed by atoms with Crippen LogP contribution < -0.4 is 5.56 Å². The van der Waals surface area contributed by atoms with Gasteiger partial charge in [0, 0.05) is 11.4 Å². The van der Waals surface area contributed by atoms with E-state index in [1.165, 1.54) is 17.8 Å². The van der Waals surface area contributed by atoms with Crippen molar-refractivity contribution in [3.63, 3.8) is 0 Å². The minimum absolute atomic E-state index is 0.0302. The van der Waals surface area contributed by atoms with Gasteiger partial charge in [0.05, 0.1) is 18.0 Å². The topological polar surface area (TPSA) is 118 Å². The molecule has 0 amide bonds. The van der Waals surface area contributed by atoms with E-state index in [1.54, 1.807) is 24.3 Å². The van der Waals surface area contributed by atoms with Crippen molar-refractivity contribution in [3.05, 3.63) is 74.5 Å². The molecule has 0 saturated carbocycles. The molecule has 8 nitrogen and oxygen atoms in total. The van der Waals surface area contributed by atoms with Crippen molar-refractivity contribution >= 4 is 11.6 Å². The summed E-state index contributed by atoms with van der Waals surface area (Å²) in [5.74, 6) is 0.519. The number of hydrogen-bond acceptors (Lipinski definition) is 7. The number of rotatable bonds is 5. The molecule has 0 bridgehead atoms. The second kappa shape index (κ2) is 7.47. The monoisotopic (exact) mass is 371 g/mol. The summed E-state index contributed by atoms with van der Waals surface area (Å²) in [6, 6.07) is 8.68. The van der Waals surface area contributed by atoms with Gasteiger partial charge < -0.3 is 9.63 Å². The molecule has 0 aliphatic rings. The number of hydrogen-bond donors (Lipinski definition) is 1. The summed E-state index contributed by atoms with van der Waals surface area (Å²) in [7, 11) is 0. The molecular weight excluding hydrogens is 358 g/mol. The molecule has 0 aliphatic heterocycles. The lowest BCUT2D eigenvalue weighted by atomic mass is 10.1. The standard InChI is InChI=1S/C17H14ClN5O3/c1-10-13(7-19)20-9-23(17(10)25)8-16-21-15(22-26-16)6-14(24)11-2-4-12(18)5-3-11/h2-5,9,14,24H,6,8H2,1H3/t14-/m0/s1. The van der Waals surface area contributed by atoms with E-state index in [2.05, 4.69) is 15.1 Å². The molecule has 132 valence electrons. The molecule has 0 aliphatic carbocycles. The Morgan fingerprint density at radius 1 is 1.38 bits per heavy atom. The molecule has 3 rings (SSSR count). The third kappa shape index (κ3) is 3.79. The first-order valence-corrected chi connectivity index (χ1v) is 8.07. The lowest BCUT2D eigenvalue weighted by Gasteiger charge is -2.08. The minimum Gasteiger partial charge on any atom is -0.388 e. The van der Waals surface area contributed by atoms with Gasteiger partial charge in [0.15, 0.2) is 11.5 Å². The van der Waals surface area contributed by atoms with Gasteiger partial charge in [0.2, 0.25) is 5.89 Å². The molecular formula is C17H14ClN5O3. The zero-order chi connectivity index (χ0) is 18.7. The highest BCUT2D eigenvalue weighted by Gasteiger charge is 2.15. The molecule has 26 heavy (non-hydrogen) atoms. The van der Waals surface area contributed by atoms with Gasteiger partial charge in [-0.25, -0.2) is 4.98 Å². The van der Waals surface area contributed by atoms with Gasteiger partial charge in [-0.3, -0.25) is 9.36 Å². The molecule has 1 aromatic carbocycles. The average Bonchev–Trinajstić information content (AvgIpc) is 3.06. The molecule has 0 unspecified atom stereocenters. The summed E-state index contributed by atoms with van der Waals surface area (Å²) in [5.41, 5.74) is 0.679. The maximum absolute atomic E-state index is 12.2. The van der Waals surface area contributed by atoms with Crippen molar-refractivity contribution < 1.29 is 9.63 Å². The van der Waals surface area contributed by atoms with E-state index in [-0.39, 0.29) is 35.7 Å². The number of benzene rings is 1. The van der Waals surface area contributed by atoms with Gasteiger partial charge in [-0.15, -0.1) is 0 Å². The van der Waals surface area contributed by atoms with E-state index >= 15 is 0 Å². The Labute approximate surface area is 153 Å². The number of nitriles is 1. The molecule has 0 spiro atoms. The fourth-order valence-electron chi connectivity index (χ4n) is 2.38. The molecule has 3 aromatic rings. The SMILES string of the molecule is Cc1c(C#N)ncn(Cc2nc(C[C@H](O)c3ccc(Cl)cc3)no2)c1=O. The van der Waals surface area contributed by atoms with Gasteiger partial charge in [-0.05, 0) is 24.6 Å². The van der Waals surface area contributed by atoms with E-state index in [4.69, 9.17) is 21.4 Å². The van der Waals surface area contributed by atoms with Gasteiger partial charge in [-0.1, -0.05) is 28.9 Å². The number of halogens is 1. The molecule has 9 heteroatoms. The second-order valence-electron chi connectivity index (χ2n) is 5.64. The third-order valence-corrected chi connectivity index (χ3v) is 4.07. The van der Waals surface area contributed by atoms with E-state index in [9.17, 15) is 9.90 Å². The molecule has 2 aromatic heterocycles. The smallest absolute Gasteiger partial charge is 0.258 e. The highest BCUT2D eigenvalue weighted by Crippen LogP contribution is 2.19. The van der Waals surface area contributed by atoms with Gasteiger partial charge >= 0.3 is 0 Å². The van der Waals surface area contributed by atoms with E-state index in [0.717, 1.165) is 0 Å². The Hall–Kier alpha value is -3.02. The maximum Gasteiger partial charge on any atom is 0.258 e. The van der Waals surface area contributed by atoms with Crippen molar-refractivity contribution in [3.8, 4) is 6.07 Å². The number of aliphatic hydroxyl groups excluding tert-OH is 1. The van der Waals surface area contributed by atoms with Crippen molar-refractivity contribution in [2.45, 2.75) is 26.0 Å². The normalized spacial score (nSPS) is 11.9. The molecule has 0 fully saturated rings. The number of aromatic nitrogens is 4. The van der Waals surface area contributed by atoms with Crippen LogP contribution in [0.25, 0.3) is 0 Å². The minimum atomic E-state index is -0.806. The van der Waals surface area contributed by atoms with Crippen LogP contribution >= 0.6 is 11.6 Å². The van der Waals surface area contributed by atoms with Crippen LogP contribution in [0.3, 0.4) is 0 Å². The molecule has 0 saturated heterocycles.